The molecule has 1 fully saturated rings. The number of hydrogen-bond donors (Lipinski definition) is 2. The molecule has 0 aromatic carbocycles. The lowest BCUT2D eigenvalue weighted by Crippen LogP contribution is -2.45. The molecule has 5 nitrogen and oxygen atoms in total. The molecule has 21 heavy (non-hydrogen) atoms. The average Bonchev–Trinajstić information content (AvgIpc) is 3.15. The second-order valence-electron chi connectivity index (χ2n) is 4.89. The van der Waals surface area contributed by atoms with Crippen LogP contribution in [-0.4, -0.2) is 47.6 Å². The lowest BCUT2D eigenvalue weighted by Gasteiger charge is -2.20. The molecule has 6 heteroatoms. The van der Waals surface area contributed by atoms with E-state index in [0.717, 1.165) is 25.9 Å². The molecule has 1 saturated heterocycles. The van der Waals surface area contributed by atoms with E-state index in [2.05, 4.69) is 17.2 Å². The standard InChI is InChI=1S/C15H18N2O3S/c1-11(15(20)17-6-2-3-7-17)16-14(19)12-9-13(21-10-12)5-4-8-18/h9-11,18H,2-3,6-8H2,1H3,(H,16,19). The third-order valence-corrected chi connectivity index (χ3v) is 4.13. The summed E-state index contributed by atoms with van der Waals surface area (Å²) < 4.78 is 0. The summed E-state index contributed by atoms with van der Waals surface area (Å²) in [5.41, 5.74) is 0.489. The molecule has 1 aromatic heterocycles. The fraction of sp³-hybridized carbons (Fsp3) is 0.467. The number of rotatable bonds is 3. The van der Waals surface area contributed by atoms with Gasteiger partial charge in [-0.05, 0) is 25.8 Å². The number of likely N-dealkylation sites (tertiary alicyclic amines) is 1. The van der Waals surface area contributed by atoms with Crippen molar-refractivity contribution in [1.29, 1.82) is 0 Å². The van der Waals surface area contributed by atoms with Crippen LogP contribution in [0.15, 0.2) is 11.4 Å². The van der Waals surface area contributed by atoms with Crippen LogP contribution < -0.4 is 5.32 Å². The number of aliphatic hydroxyl groups excluding tert-OH is 1. The maximum atomic E-state index is 12.1. The van der Waals surface area contributed by atoms with E-state index < -0.39 is 6.04 Å². The van der Waals surface area contributed by atoms with Crippen LogP contribution in [0.2, 0.25) is 0 Å². The molecule has 2 rings (SSSR count). The molecule has 0 saturated carbocycles. The fourth-order valence-corrected chi connectivity index (χ4v) is 2.96. The van der Waals surface area contributed by atoms with Crippen molar-refractivity contribution in [2.24, 2.45) is 0 Å². The van der Waals surface area contributed by atoms with E-state index >= 15 is 0 Å². The van der Waals surface area contributed by atoms with Crippen molar-refractivity contribution in [2.45, 2.75) is 25.8 Å². The predicted molar refractivity (Wildman–Crippen MR) is 81.0 cm³/mol. The molecular weight excluding hydrogens is 288 g/mol. The molecule has 2 N–H and O–H groups in total. The van der Waals surface area contributed by atoms with Crippen molar-refractivity contribution < 1.29 is 14.7 Å². The van der Waals surface area contributed by atoms with Gasteiger partial charge < -0.3 is 15.3 Å². The molecule has 0 bridgehead atoms. The van der Waals surface area contributed by atoms with Gasteiger partial charge >= 0.3 is 0 Å². The second-order valence-corrected chi connectivity index (χ2v) is 5.80. The minimum absolute atomic E-state index is 0.0311. The highest BCUT2D eigenvalue weighted by molar-refractivity contribution is 7.10. The van der Waals surface area contributed by atoms with Gasteiger partial charge in [0, 0.05) is 18.5 Å². The minimum Gasteiger partial charge on any atom is -0.384 e. The molecular formula is C15H18N2O3S. The van der Waals surface area contributed by atoms with Crippen LogP contribution in [0.3, 0.4) is 0 Å². The van der Waals surface area contributed by atoms with Crippen molar-refractivity contribution in [2.75, 3.05) is 19.7 Å². The first-order valence-corrected chi connectivity index (χ1v) is 7.77. The maximum Gasteiger partial charge on any atom is 0.252 e. The summed E-state index contributed by atoms with van der Waals surface area (Å²) in [6, 6.07) is 1.14. The Hall–Kier alpha value is -1.84. The molecule has 1 atom stereocenters. The van der Waals surface area contributed by atoms with E-state index in [4.69, 9.17) is 5.11 Å². The van der Waals surface area contributed by atoms with E-state index in [0.29, 0.717) is 10.4 Å². The molecule has 0 spiro atoms. The first kappa shape index (κ1) is 15.5. The second kappa shape index (κ2) is 7.25. The lowest BCUT2D eigenvalue weighted by molar-refractivity contribution is -0.131. The van der Waals surface area contributed by atoms with Crippen molar-refractivity contribution >= 4 is 23.2 Å². The molecule has 1 aliphatic heterocycles. The number of nitrogens with one attached hydrogen (secondary N) is 1. The molecule has 1 unspecified atom stereocenters. The van der Waals surface area contributed by atoms with Crippen LogP contribution >= 0.6 is 11.3 Å². The van der Waals surface area contributed by atoms with Gasteiger partial charge in [0.25, 0.3) is 5.91 Å². The van der Waals surface area contributed by atoms with E-state index in [1.54, 1.807) is 23.3 Å². The zero-order chi connectivity index (χ0) is 15.2. The van der Waals surface area contributed by atoms with Gasteiger partial charge in [-0.15, -0.1) is 11.3 Å². The summed E-state index contributed by atoms with van der Waals surface area (Å²) in [4.78, 5) is 26.7. The summed E-state index contributed by atoms with van der Waals surface area (Å²) in [7, 11) is 0. The Balaban J connectivity index is 1.94. The Morgan fingerprint density at radius 1 is 1.48 bits per heavy atom. The third kappa shape index (κ3) is 4.06. The number of carbonyl (C=O) groups is 2. The van der Waals surface area contributed by atoms with Gasteiger partial charge in [-0.2, -0.15) is 0 Å². The van der Waals surface area contributed by atoms with Crippen LogP contribution in [0, 0.1) is 11.8 Å². The number of aliphatic hydroxyl groups is 1. The summed E-state index contributed by atoms with van der Waals surface area (Å²) in [5, 5.41) is 13.1. The van der Waals surface area contributed by atoms with Crippen molar-refractivity contribution in [3.05, 3.63) is 21.9 Å². The Morgan fingerprint density at radius 3 is 2.86 bits per heavy atom. The number of hydrogen-bond acceptors (Lipinski definition) is 4. The van der Waals surface area contributed by atoms with E-state index in [1.165, 1.54) is 11.3 Å². The van der Waals surface area contributed by atoms with Gasteiger partial charge in [0.15, 0.2) is 0 Å². The monoisotopic (exact) mass is 306 g/mol. The first-order chi connectivity index (χ1) is 10.1. The van der Waals surface area contributed by atoms with E-state index in [9.17, 15) is 9.59 Å². The number of nitrogens with zero attached hydrogens (tertiary/aromatic N) is 1. The van der Waals surface area contributed by atoms with Gasteiger partial charge in [-0.3, -0.25) is 9.59 Å². The molecule has 1 aliphatic rings. The zero-order valence-electron chi connectivity index (χ0n) is 11.9. The predicted octanol–water partition coefficient (Wildman–Crippen LogP) is 0.833. The fourth-order valence-electron chi connectivity index (χ4n) is 2.20. The van der Waals surface area contributed by atoms with Gasteiger partial charge in [-0.25, -0.2) is 0 Å². The summed E-state index contributed by atoms with van der Waals surface area (Å²) in [6.07, 6.45) is 2.06. The lowest BCUT2D eigenvalue weighted by atomic mass is 10.2. The Morgan fingerprint density at radius 2 is 2.19 bits per heavy atom. The maximum absolute atomic E-state index is 12.1. The highest BCUT2D eigenvalue weighted by Crippen LogP contribution is 2.14. The van der Waals surface area contributed by atoms with E-state index in [-0.39, 0.29) is 18.4 Å². The number of carbonyl (C=O) groups excluding carboxylic acids is 2. The molecule has 2 amide bonds. The van der Waals surface area contributed by atoms with Crippen LogP contribution in [0.25, 0.3) is 0 Å². The van der Waals surface area contributed by atoms with Gasteiger partial charge in [0.05, 0.1) is 10.4 Å². The molecule has 0 aliphatic carbocycles. The highest BCUT2D eigenvalue weighted by Gasteiger charge is 2.24. The zero-order valence-corrected chi connectivity index (χ0v) is 12.7. The summed E-state index contributed by atoms with van der Waals surface area (Å²) in [6.45, 7) is 3.05. The normalized spacial score (nSPS) is 15.2. The van der Waals surface area contributed by atoms with Crippen molar-refractivity contribution in [1.82, 2.24) is 10.2 Å². The Bertz CT molecular complexity index is 579. The van der Waals surface area contributed by atoms with Gasteiger partial charge in [0.1, 0.15) is 12.6 Å². The van der Waals surface area contributed by atoms with Crippen LogP contribution in [0.5, 0.6) is 0 Å². The quantitative estimate of drug-likeness (QED) is 0.813. The Labute approximate surface area is 128 Å². The van der Waals surface area contributed by atoms with Crippen LogP contribution in [0.4, 0.5) is 0 Å². The number of thiophene rings is 1. The van der Waals surface area contributed by atoms with Crippen LogP contribution in [-0.2, 0) is 4.79 Å². The number of amides is 2. The topological polar surface area (TPSA) is 69.6 Å². The smallest absolute Gasteiger partial charge is 0.252 e. The molecule has 1 aromatic rings. The molecule has 112 valence electrons. The van der Waals surface area contributed by atoms with Gasteiger partial charge in [0.2, 0.25) is 5.91 Å². The third-order valence-electron chi connectivity index (χ3n) is 3.29. The van der Waals surface area contributed by atoms with E-state index in [1.807, 2.05) is 0 Å². The molecule has 2 heterocycles. The SMILES string of the molecule is CC(NC(=O)c1csc(C#CCO)c1)C(=O)N1CCCC1. The average molecular weight is 306 g/mol. The van der Waals surface area contributed by atoms with Gasteiger partial charge in [-0.1, -0.05) is 11.8 Å². The van der Waals surface area contributed by atoms with Crippen molar-refractivity contribution in [3.63, 3.8) is 0 Å². The Kier molecular flexibility index (Phi) is 5.37. The molecule has 0 radical (unpaired) electrons. The summed E-state index contributed by atoms with van der Waals surface area (Å²) in [5.74, 6) is 4.98. The highest BCUT2D eigenvalue weighted by atomic mass is 32.1. The largest absolute Gasteiger partial charge is 0.384 e. The van der Waals surface area contributed by atoms with Crippen LogP contribution in [0.1, 0.15) is 35.0 Å². The minimum atomic E-state index is -0.525. The first-order valence-electron chi connectivity index (χ1n) is 6.89. The van der Waals surface area contributed by atoms with Crippen molar-refractivity contribution in [3.8, 4) is 11.8 Å². The summed E-state index contributed by atoms with van der Waals surface area (Å²) >= 11 is 1.34.